The SMILES string of the molecule is CCCc1nnc(-c2c(F)cc(Br)cc2F)o1. The fraction of sp³-hybridized carbons (Fsp3) is 0.273. The van der Waals surface area contributed by atoms with Crippen LogP contribution < -0.4 is 0 Å². The van der Waals surface area contributed by atoms with Crippen LogP contribution in [-0.2, 0) is 6.42 Å². The Kier molecular flexibility index (Phi) is 3.51. The Morgan fingerprint density at radius 1 is 1.24 bits per heavy atom. The summed E-state index contributed by atoms with van der Waals surface area (Å²) in [5.74, 6) is -1.22. The second-order valence-corrected chi connectivity index (χ2v) is 4.41. The Hall–Kier alpha value is -1.30. The van der Waals surface area contributed by atoms with Gasteiger partial charge in [0.1, 0.15) is 17.2 Å². The molecule has 0 aliphatic carbocycles. The van der Waals surface area contributed by atoms with Gasteiger partial charge in [-0.05, 0) is 18.6 Å². The van der Waals surface area contributed by atoms with Crippen LogP contribution in [0.25, 0.3) is 11.5 Å². The lowest BCUT2D eigenvalue weighted by Crippen LogP contribution is -1.90. The summed E-state index contributed by atoms with van der Waals surface area (Å²) in [6, 6.07) is 2.31. The van der Waals surface area contributed by atoms with E-state index in [9.17, 15) is 8.78 Å². The zero-order chi connectivity index (χ0) is 12.4. The van der Waals surface area contributed by atoms with Crippen molar-refractivity contribution in [2.45, 2.75) is 19.8 Å². The van der Waals surface area contributed by atoms with Gasteiger partial charge in [-0.1, -0.05) is 22.9 Å². The largest absolute Gasteiger partial charge is 0.420 e. The highest BCUT2D eigenvalue weighted by Gasteiger charge is 2.18. The van der Waals surface area contributed by atoms with Crippen LogP contribution in [0, 0.1) is 11.6 Å². The molecule has 6 heteroatoms. The molecule has 1 heterocycles. The third-order valence-electron chi connectivity index (χ3n) is 2.15. The molecule has 0 bridgehead atoms. The molecule has 0 amide bonds. The van der Waals surface area contributed by atoms with E-state index in [0.717, 1.165) is 18.6 Å². The molecule has 0 aliphatic rings. The van der Waals surface area contributed by atoms with Crippen molar-refractivity contribution in [3.8, 4) is 11.5 Å². The third-order valence-corrected chi connectivity index (χ3v) is 2.61. The molecule has 0 saturated carbocycles. The molecule has 0 unspecified atom stereocenters. The first-order chi connectivity index (χ1) is 8.11. The van der Waals surface area contributed by atoms with Crippen molar-refractivity contribution in [1.82, 2.24) is 10.2 Å². The number of halogens is 3. The van der Waals surface area contributed by atoms with Gasteiger partial charge in [0, 0.05) is 10.9 Å². The monoisotopic (exact) mass is 302 g/mol. The Morgan fingerprint density at radius 3 is 2.47 bits per heavy atom. The van der Waals surface area contributed by atoms with Crippen LogP contribution in [0.5, 0.6) is 0 Å². The van der Waals surface area contributed by atoms with Gasteiger partial charge in [0.2, 0.25) is 5.89 Å². The number of nitrogens with zero attached hydrogens (tertiary/aromatic N) is 2. The molecule has 2 aromatic rings. The minimum atomic E-state index is -0.733. The van der Waals surface area contributed by atoms with E-state index in [4.69, 9.17) is 4.42 Å². The Bertz CT molecular complexity index is 519. The number of benzene rings is 1. The number of hydrogen-bond donors (Lipinski definition) is 0. The van der Waals surface area contributed by atoms with Crippen LogP contribution in [0.4, 0.5) is 8.78 Å². The first-order valence-electron chi connectivity index (χ1n) is 5.09. The van der Waals surface area contributed by atoms with Crippen molar-refractivity contribution in [2.75, 3.05) is 0 Å². The van der Waals surface area contributed by atoms with E-state index >= 15 is 0 Å². The minimum Gasteiger partial charge on any atom is -0.420 e. The van der Waals surface area contributed by atoms with Crippen LogP contribution in [0.15, 0.2) is 21.0 Å². The lowest BCUT2D eigenvalue weighted by molar-refractivity contribution is 0.492. The van der Waals surface area contributed by atoms with Crippen molar-refractivity contribution in [2.24, 2.45) is 0 Å². The van der Waals surface area contributed by atoms with E-state index in [-0.39, 0.29) is 11.5 Å². The molecular formula is C11H9BrF2N2O. The summed E-state index contributed by atoms with van der Waals surface area (Å²) in [6.07, 6.45) is 1.42. The fourth-order valence-corrected chi connectivity index (χ4v) is 1.82. The minimum absolute atomic E-state index is 0.129. The molecule has 0 atom stereocenters. The predicted octanol–water partition coefficient (Wildman–Crippen LogP) is 3.73. The topological polar surface area (TPSA) is 38.9 Å². The van der Waals surface area contributed by atoms with Gasteiger partial charge in [0.15, 0.2) is 0 Å². The van der Waals surface area contributed by atoms with Crippen molar-refractivity contribution < 1.29 is 13.2 Å². The van der Waals surface area contributed by atoms with Gasteiger partial charge in [-0.25, -0.2) is 8.78 Å². The van der Waals surface area contributed by atoms with Crippen molar-refractivity contribution in [1.29, 1.82) is 0 Å². The summed E-state index contributed by atoms with van der Waals surface area (Å²) in [5.41, 5.74) is -0.289. The molecule has 2 rings (SSSR count). The van der Waals surface area contributed by atoms with Crippen LogP contribution in [0.1, 0.15) is 19.2 Å². The lowest BCUT2D eigenvalue weighted by atomic mass is 10.2. The molecule has 0 radical (unpaired) electrons. The van der Waals surface area contributed by atoms with Gasteiger partial charge in [-0.15, -0.1) is 10.2 Å². The molecule has 1 aromatic heterocycles. The lowest BCUT2D eigenvalue weighted by Gasteiger charge is -2.00. The maximum Gasteiger partial charge on any atom is 0.253 e. The second kappa shape index (κ2) is 4.91. The molecule has 0 saturated heterocycles. The highest BCUT2D eigenvalue weighted by atomic mass is 79.9. The van der Waals surface area contributed by atoms with E-state index in [1.54, 1.807) is 0 Å². The summed E-state index contributed by atoms with van der Waals surface area (Å²) in [5, 5.41) is 7.37. The first kappa shape index (κ1) is 12.2. The maximum atomic E-state index is 13.6. The number of aryl methyl sites for hydroxylation is 1. The molecule has 1 aromatic carbocycles. The highest BCUT2D eigenvalue weighted by molar-refractivity contribution is 9.10. The third kappa shape index (κ3) is 2.52. The summed E-state index contributed by atoms with van der Waals surface area (Å²) in [4.78, 5) is 0. The second-order valence-electron chi connectivity index (χ2n) is 3.50. The zero-order valence-electron chi connectivity index (χ0n) is 9.01. The van der Waals surface area contributed by atoms with Crippen LogP contribution >= 0.6 is 15.9 Å². The van der Waals surface area contributed by atoms with Crippen LogP contribution in [0.2, 0.25) is 0 Å². The summed E-state index contributed by atoms with van der Waals surface area (Å²) >= 11 is 3.00. The van der Waals surface area contributed by atoms with E-state index in [2.05, 4.69) is 26.1 Å². The Balaban J connectivity index is 2.45. The van der Waals surface area contributed by atoms with Gasteiger partial charge in [-0.2, -0.15) is 0 Å². The van der Waals surface area contributed by atoms with Crippen LogP contribution in [-0.4, -0.2) is 10.2 Å². The summed E-state index contributed by atoms with van der Waals surface area (Å²) in [7, 11) is 0. The fourth-order valence-electron chi connectivity index (χ4n) is 1.42. The number of aromatic nitrogens is 2. The summed E-state index contributed by atoms with van der Waals surface area (Å²) < 4.78 is 32.7. The smallest absolute Gasteiger partial charge is 0.253 e. The molecule has 17 heavy (non-hydrogen) atoms. The van der Waals surface area contributed by atoms with Gasteiger partial charge >= 0.3 is 0 Å². The van der Waals surface area contributed by atoms with E-state index in [1.807, 2.05) is 6.92 Å². The van der Waals surface area contributed by atoms with Gasteiger partial charge in [0.05, 0.1) is 0 Å². The van der Waals surface area contributed by atoms with Crippen molar-refractivity contribution in [3.63, 3.8) is 0 Å². The molecule has 0 spiro atoms. The highest BCUT2D eigenvalue weighted by Crippen LogP contribution is 2.28. The molecule has 0 aliphatic heterocycles. The number of hydrogen-bond acceptors (Lipinski definition) is 3. The molecule has 90 valence electrons. The Morgan fingerprint density at radius 2 is 1.88 bits per heavy atom. The first-order valence-corrected chi connectivity index (χ1v) is 5.88. The summed E-state index contributed by atoms with van der Waals surface area (Å²) in [6.45, 7) is 1.95. The zero-order valence-corrected chi connectivity index (χ0v) is 10.6. The van der Waals surface area contributed by atoms with Crippen molar-refractivity contribution >= 4 is 15.9 Å². The van der Waals surface area contributed by atoms with Gasteiger partial charge < -0.3 is 4.42 Å². The molecular weight excluding hydrogens is 294 g/mol. The Labute approximate surface area is 105 Å². The molecule has 0 N–H and O–H groups in total. The van der Waals surface area contributed by atoms with Crippen molar-refractivity contribution in [3.05, 3.63) is 34.1 Å². The normalized spacial score (nSPS) is 10.8. The molecule has 3 nitrogen and oxygen atoms in total. The van der Waals surface area contributed by atoms with Crippen LogP contribution in [0.3, 0.4) is 0 Å². The standard InChI is InChI=1S/C11H9BrF2N2O/c1-2-3-9-15-16-11(17-9)10-7(13)4-6(12)5-8(10)14/h4-5H,2-3H2,1H3. The predicted molar refractivity (Wildman–Crippen MR) is 61.3 cm³/mol. The molecule has 0 fully saturated rings. The van der Waals surface area contributed by atoms with Gasteiger partial charge in [0.25, 0.3) is 5.89 Å². The number of rotatable bonds is 3. The maximum absolute atomic E-state index is 13.6. The van der Waals surface area contributed by atoms with Gasteiger partial charge in [-0.3, -0.25) is 0 Å². The quantitative estimate of drug-likeness (QED) is 0.867. The van der Waals surface area contributed by atoms with E-state index in [1.165, 1.54) is 0 Å². The van der Waals surface area contributed by atoms with E-state index in [0.29, 0.717) is 16.8 Å². The average Bonchev–Trinajstić information content (AvgIpc) is 2.65. The van der Waals surface area contributed by atoms with E-state index < -0.39 is 11.6 Å². The average molecular weight is 303 g/mol.